The minimum atomic E-state index is -0.264. The largest absolute Gasteiger partial charge is 0.506 e. The number of anilines is 1. The summed E-state index contributed by atoms with van der Waals surface area (Å²) in [6.45, 7) is 17.1. The van der Waals surface area contributed by atoms with Gasteiger partial charge in [0.25, 0.3) is 11.8 Å². The summed E-state index contributed by atoms with van der Waals surface area (Å²) < 4.78 is 0.0593. The van der Waals surface area contributed by atoms with E-state index in [1.165, 1.54) is 27.7 Å². The number of piperazine rings is 1. The molecule has 4 rings (SSSR count). The molecule has 0 radical (unpaired) electrons. The van der Waals surface area contributed by atoms with Crippen LogP contribution < -0.4 is 15.2 Å². The summed E-state index contributed by atoms with van der Waals surface area (Å²) in [7, 11) is 0. The molecule has 1 atom stereocenters. The number of unbranched alkanes of at least 4 members (excludes halogenated alkanes) is 4. The van der Waals surface area contributed by atoms with Crippen molar-refractivity contribution in [3.05, 3.63) is 29.8 Å². The van der Waals surface area contributed by atoms with Gasteiger partial charge in [-0.15, -0.1) is 0 Å². The molecule has 3 N–H and O–H groups in total. The molecule has 3 aliphatic heterocycles. The monoisotopic (exact) mass is 682 g/mol. The third-order valence-electron chi connectivity index (χ3n) is 8.89. The number of carbonyl (C=O) groups is 4. The van der Waals surface area contributed by atoms with Crippen LogP contribution in [0.25, 0.3) is 0 Å². The van der Waals surface area contributed by atoms with E-state index in [2.05, 4.69) is 62.8 Å². The van der Waals surface area contributed by atoms with Crippen molar-refractivity contribution in [2.75, 3.05) is 44.2 Å². The third-order valence-corrected chi connectivity index (χ3v) is 10.1. The Bertz CT molecular complexity index is 1380. The maximum absolute atomic E-state index is 13.0. The van der Waals surface area contributed by atoms with Crippen LogP contribution in [0.1, 0.15) is 111 Å². The van der Waals surface area contributed by atoms with E-state index in [0.717, 1.165) is 43.5 Å². The Balaban J connectivity index is 1.16. The summed E-state index contributed by atoms with van der Waals surface area (Å²) in [5, 5.41) is 15.2. The Morgan fingerprint density at radius 3 is 2.19 bits per heavy atom. The highest BCUT2D eigenvalue weighted by molar-refractivity contribution is 8.14. The van der Waals surface area contributed by atoms with Crippen molar-refractivity contribution in [1.82, 2.24) is 15.1 Å². The Morgan fingerprint density at radius 2 is 1.54 bits per heavy atom. The van der Waals surface area contributed by atoms with Crippen molar-refractivity contribution in [3.63, 3.8) is 0 Å². The molecule has 1 fully saturated rings. The van der Waals surface area contributed by atoms with Crippen LogP contribution in [-0.2, 0) is 19.2 Å². The van der Waals surface area contributed by atoms with Gasteiger partial charge in [0.15, 0.2) is 5.69 Å². The molecule has 1 aromatic carbocycles. The smallest absolute Gasteiger partial charge is 0.253 e. The molecule has 264 valence electrons. The first-order valence-electron chi connectivity index (χ1n) is 17.6. The number of rotatable bonds is 14. The molecular weight excluding hydrogens is 627 g/mol. The van der Waals surface area contributed by atoms with Crippen LogP contribution in [0, 0.1) is 5.41 Å². The lowest BCUT2D eigenvalue weighted by Crippen LogP contribution is -2.64. The highest BCUT2D eigenvalue weighted by Gasteiger charge is 2.42. The van der Waals surface area contributed by atoms with E-state index < -0.39 is 0 Å². The number of hydrogen-bond acceptors (Lipinski definition) is 7. The maximum atomic E-state index is 13.0. The number of imide groups is 1. The molecule has 48 heavy (non-hydrogen) atoms. The Labute approximate surface area is 290 Å². The zero-order valence-electron chi connectivity index (χ0n) is 29.8. The zero-order chi connectivity index (χ0) is 35.1. The molecule has 3 aliphatic rings. The van der Waals surface area contributed by atoms with Gasteiger partial charge in [-0.25, -0.2) is 4.99 Å². The van der Waals surface area contributed by atoms with Crippen LogP contribution in [0.3, 0.4) is 0 Å². The maximum Gasteiger partial charge on any atom is 0.253 e. The lowest BCUT2D eigenvalue weighted by atomic mass is 9.82. The van der Waals surface area contributed by atoms with Crippen molar-refractivity contribution in [2.24, 2.45) is 5.41 Å². The minimum Gasteiger partial charge on any atom is -0.506 e. The Hall–Kier alpha value is -3.34. The van der Waals surface area contributed by atoms with E-state index in [0.29, 0.717) is 65.0 Å². The highest BCUT2D eigenvalue weighted by atomic mass is 32.2. The van der Waals surface area contributed by atoms with Crippen molar-refractivity contribution in [2.45, 2.75) is 110 Å². The first-order chi connectivity index (χ1) is 22.6. The molecular formula is C37H56N5O5S+. The molecule has 3 heterocycles. The number of nitrogens with zero attached hydrogens (tertiary/aromatic N) is 3. The number of amides is 4. The van der Waals surface area contributed by atoms with Crippen LogP contribution in [0.15, 0.2) is 24.3 Å². The van der Waals surface area contributed by atoms with Crippen molar-refractivity contribution in [3.8, 4) is 5.75 Å². The number of phenols is 1. The average Bonchev–Trinajstić information content (AvgIpc) is 3.50. The molecule has 10 nitrogen and oxygen atoms in total. The normalized spacial score (nSPS) is 18.1. The van der Waals surface area contributed by atoms with Crippen molar-refractivity contribution >= 4 is 51.8 Å². The number of nitrogens with one attached hydrogen (secondary N) is 2. The molecule has 0 bridgehead atoms. The van der Waals surface area contributed by atoms with Gasteiger partial charge in [0, 0.05) is 74.6 Å². The number of hydrogen-bond donors (Lipinski definition) is 3. The van der Waals surface area contributed by atoms with Crippen molar-refractivity contribution < 1.29 is 29.3 Å². The molecule has 1 saturated heterocycles. The molecule has 0 spiro atoms. The molecule has 1 unspecified atom stereocenters. The Morgan fingerprint density at radius 1 is 0.896 bits per heavy atom. The van der Waals surface area contributed by atoms with Gasteiger partial charge in [0.05, 0.1) is 5.92 Å². The van der Waals surface area contributed by atoms with Crippen molar-refractivity contribution in [1.29, 1.82) is 0 Å². The fourth-order valence-electron chi connectivity index (χ4n) is 6.55. The Kier molecular flexibility index (Phi) is 12.8. The van der Waals surface area contributed by atoms with Crippen LogP contribution in [0.2, 0.25) is 0 Å². The second-order valence-corrected chi connectivity index (χ2v) is 17.3. The van der Waals surface area contributed by atoms with Gasteiger partial charge < -0.3 is 20.2 Å². The van der Waals surface area contributed by atoms with Gasteiger partial charge >= 0.3 is 0 Å². The molecule has 4 amide bonds. The standard InChI is InChI=1S/C37H55N5O5S/c1-36(2,3)25-27-26-15-16-28(43)34(33(26)39-35(27)48-37(4,5)6)41-23-21-40(22-24-41)30(45)14-10-7-11-19-38-29(44)13-9-8-12-20-42-31(46)17-18-32(42)47/h15-18,27,43H,7-14,19-25H2,1-6H3,(H,38,44)/p+1. The summed E-state index contributed by atoms with van der Waals surface area (Å²) in [5.41, 5.74) is 3.24. The summed E-state index contributed by atoms with van der Waals surface area (Å²) in [5.74, 6) is 0.177. The van der Waals surface area contributed by atoms with Gasteiger partial charge in [0.2, 0.25) is 22.5 Å². The summed E-state index contributed by atoms with van der Waals surface area (Å²) in [6.07, 6.45) is 9.18. The van der Waals surface area contributed by atoms with E-state index in [1.807, 2.05) is 22.7 Å². The molecule has 0 aliphatic carbocycles. The number of phenolic OH excluding ortho intramolecular Hbond substituents is 1. The number of benzene rings is 1. The van der Waals surface area contributed by atoms with Gasteiger partial charge in [-0.2, -0.15) is 0 Å². The average molecular weight is 683 g/mol. The number of fused-ring (bicyclic) bond motifs is 1. The number of aromatic hydroxyl groups is 1. The lowest BCUT2D eigenvalue weighted by Gasteiger charge is -2.36. The van der Waals surface area contributed by atoms with E-state index in [1.54, 1.807) is 0 Å². The predicted molar refractivity (Wildman–Crippen MR) is 192 cm³/mol. The summed E-state index contributed by atoms with van der Waals surface area (Å²) in [6, 6.07) is 3.91. The second-order valence-electron chi connectivity index (χ2n) is 15.4. The quantitative estimate of drug-likeness (QED) is 0.197. The first kappa shape index (κ1) is 37.5. The number of thioether (sulfide) groups is 1. The van der Waals surface area contributed by atoms with E-state index in [9.17, 15) is 24.3 Å². The summed E-state index contributed by atoms with van der Waals surface area (Å²) in [4.78, 5) is 57.4. The fourth-order valence-corrected chi connectivity index (χ4v) is 7.71. The van der Waals surface area contributed by atoms with E-state index in [-0.39, 0.29) is 45.5 Å². The second kappa shape index (κ2) is 16.4. The molecule has 1 aromatic rings. The highest BCUT2D eigenvalue weighted by Crippen LogP contribution is 2.46. The van der Waals surface area contributed by atoms with Gasteiger partial charge in [0.1, 0.15) is 5.75 Å². The topological polar surface area (TPSA) is 124 Å². The van der Waals surface area contributed by atoms with Crippen LogP contribution >= 0.6 is 11.8 Å². The lowest BCUT2D eigenvalue weighted by molar-refractivity contribution is -0.345. The molecule has 0 aromatic heterocycles. The van der Waals surface area contributed by atoms with Gasteiger partial charge in [-0.05, 0) is 49.7 Å². The molecule has 0 saturated carbocycles. The van der Waals surface area contributed by atoms with Crippen LogP contribution in [0.4, 0.5) is 11.4 Å². The predicted octanol–water partition coefficient (Wildman–Crippen LogP) is 4.38. The summed E-state index contributed by atoms with van der Waals surface area (Å²) >= 11 is 1.87. The fraction of sp³-hybridized carbons (Fsp3) is 0.649. The number of carbonyl (C=O) groups excluding carboxylic acids is 4. The first-order valence-corrected chi connectivity index (χ1v) is 18.5. The van der Waals surface area contributed by atoms with Crippen LogP contribution in [-0.4, -0.2) is 87.6 Å². The SMILES string of the molecule is CC(C)(C)CC1C(SC(C)(C)C)=[NH+]c2c1ccc(O)c2N1CCN(C(=O)CCCCCNC(=O)CCCCCN2C(=O)C=CC2=O)CC1. The van der Waals surface area contributed by atoms with Crippen LogP contribution in [0.5, 0.6) is 5.75 Å². The minimum absolute atomic E-state index is 0.0102. The zero-order valence-corrected chi connectivity index (χ0v) is 30.6. The molecule has 11 heteroatoms. The van der Waals surface area contributed by atoms with Gasteiger partial charge in [-0.1, -0.05) is 66.1 Å². The van der Waals surface area contributed by atoms with E-state index in [4.69, 9.17) is 0 Å². The van der Waals surface area contributed by atoms with Gasteiger partial charge in [-0.3, -0.25) is 24.1 Å². The third kappa shape index (κ3) is 10.6. The van der Waals surface area contributed by atoms with E-state index >= 15 is 0 Å².